The predicted molar refractivity (Wildman–Crippen MR) is 96.3 cm³/mol. The molecule has 1 rings (SSSR count). The summed E-state index contributed by atoms with van der Waals surface area (Å²) in [5.41, 5.74) is 0. The van der Waals surface area contributed by atoms with Crippen LogP contribution in [0.1, 0.15) is 20.8 Å². The third-order valence-electron chi connectivity index (χ3n) is 3.56. The molecule has 0 aromatic carbocycles. The first-order valence-corrected chi connectivity index (χ1v) is 9.17. The van der Waals surface area contributed by atoms with Crippen LogP contribution in [0.2, 0.25) is 0 Å². The Morgan fingerprint density at radius 1 is 0.783 bits per heavy atom. The van der Waals surface area contributed by atoms with E-state index in [2.05, 4.69) is 29.1 Å². The van der Waals surface area contributed by atoms with Crippen molar-refractivity contribution >= 4 is 0 Å². The maximum atomic E-state index is 5.59. The van der Waals surface area contributed by atoms with E-state index in [0.717, 1.165) is 59.0 Å². The quantitative estimate of drug-likeness (QED) is 0.506. The van der Waals surface area contributed by atoms with Gasteiger partial charge in [0, 0.05) is 39.3 Å². The van der Waals surface area contributed by atoms with Crippen molar-refractivity contribution in [3.63, 3.8) is 0 Å². The Morgan fingerprint density at radius 3 is 1.87 bits per heavy atom. The number of nitrogens with one attached hydrogen (secondary N) is 1. The van der Waals surface area contributed by atoms with Crippen molar-refractivity contribution in [2.24, 2.45) is 0 Å². The zero-order valence-electron chi connectivity index (χ0n) is 15.8. The van der Waals surface area contributed by atoms with Gasteiger partial charge < -0.3 is 24.4 Å². The highest BCUT2D eigenvalue weighted by Crippen LogP contribution is 1.98. The fourth-order valence-corrected chi connectivity index (χ4v) is 2.13. The van der Waals surface area contributed by atoms with Gasteiger partial charge >= 0.3 is 0 Å². The lowest BCUT2D eigenvalue weighted by Crippen LogP contribution is -2.45. The fourth-order valence-electron chi connectivity index (χ4n) is 2.13. The second-order valence-electron chi connectivity index (χ2n) is 5.34. The standard InChI is InChI=1S/C15H33N3O3.C2H6/c1-3-16-4-10-19-12-14-21-15-13-20-11-9-18-7-5-17(2)6-8-18;1-2/h16H,3-15H2,1-2H3;1-2H3. The Hall–Kier alpha value is -0.240. The van der Waals surface area contributed by atoms with E-state index in [1.165, 1.54) is 0 Å². The molecule has 1 aliphatic rings. The van der Waals surface area contributed by atoms with E-state index >= 15 is 0 Å². The van der Waals surface area contributed by atoms with Crippen LogP contribution in [0.3, 0.4) is 0 Å². The number of nitrogens with zero attached hydrogens (tertiary/aromatic N) is 2. The number of ether oxygens (including phenoxy) is 3. The van der Waals surface area contributed by atoms with Crippen molar-refractivity contribution in [2.45, 2.75) is 20.8 Å². The van der Waals surface area contributed by atoms with Crippen LogP contribution in [0.4, 0.5) is 0 Å². The summed E-state index contributed by atoms with van der Waals surface area (Å²) in [5.74, 6) is 0. The highest BCUT2D eigenvalue weighted by Gasteiger charge is 2.12. The van der Waals surface area contributed by atoms with Gasteiger partial charge in [0.25, 0.3) is 0 Å². The van der Waals surface area contributed by atoms with Crippen molar-refractivity contribution in [3.05, 3.63) is 0 Å². The van der Waals surface area contributed by atoms with Crippen LogP contribution >= 0.6 is 0 Å². The minimum Gasteiger partial charge on any atom is -0.378 e. The molecule has 1 aliphatic heterocycles. The van der Waals surface area contributed by atoms with Crippen molar-refractivity contribution in [1.29, 1.82) is 0 Å². The molecule has 0 unspecified atom stereocenters. The van der Waals surface area contributed by atoms with Crippen molar-refractivity contribution in [3.8, 4) is 0 Å². The molecule has 0 aliphatic carbocycles. The van der Waals surface area contributed by atoms with Gasteiger partial charge in [-0.3, -0.25) is 4.90 Å². The zero-order valence-corrected chi connectivity index (χ0v) is 15.8. The summed E-state index contributed by atoms with van der Waals surface area (Å²) in [6.07, 6.45) is 0. The lowest BCUT2D eigenvalue weighted by atomic mass is 10.3. The van der Waals surface area contributed by atoms with Gasteiger partial charge in [0.05, 0.1) is 39.6 Å². The minimum absolute atomic E-state index is 0.647. The Bertz CT molecular complexity index is 225. The molecule has 0 radical (unpaired) electrons. The highest BCUT2D eigenvalue weighted by molar-refractivity contribution is 4.68. The predicted octanol–water partition coefficient (Wildman–Crippen LogP) is 0.919. The molecule has 0 aromatic heterocycles. The average Bonchev–Trinajstić information content (AvgIpc) is 2.59. The molecule has 0 bridgehead atoms. The molecule has 1 fully saturated rings. The molecule has 0 amide bonds. The van der Waals surface area contributed by atoms with E-state index in [0.29, 0.717) is 26.4 Å². The lowest BCUT2D eigenvalue weighted by Gasteiger charge is -2.32. The van der Waals surface area contributed by atoms with E-state index < -0.39 is 0 Å². The first-order valence-electron chi connectivity index (χ1n) is 9.17. The van der Waals surface area contributed by atoms with Gasteiger partial charge in [-0.15, -0.1) is 0 Å². The summed E-state index contributed by atoms with van der Waals surface area (Å²) >= 11 is 0. The smallest absolute Gasteiger partial charge is 0.0701 e. The van der Waals surface area contributed by atoms with E-state index in [4.69, 9.17) is 14.2 Å². The fraction of sp³-hybridized carbons (Fsp3) is 1.00. The van der Waals surface area contributed by atoms with Crippen LogP contribution < -0.4 is 5.32 Å². The number of piperazine rings is 1. The topological polar surface area (TPSA) is 46.2 Å². The van der Waals surface area contributed by atoms with E-state index in [1.807, 2.05) is 13.8 Å². The number of likely N-dealkylation sites (N-methyl/N-ethyl adjacent to an activating group) is 2. The van der Waals surface area contributed by atoms with Gasteiger partial charge in [0.2, 0.25) is 0 Å². The number of hydrogen-bond acceptors (Lipinski definition) is 6. The van der Waals surface area contributed by atoms with E-state index in [1.54, 1.807) is 0 Å². The molecule has 6 heteroatoms. The third-order valence-corrected chi connectivity index (χ3v) is 3.56. The van der Waals surface area contributed by atoms with Crippen LogP contribution in [0, 0.1) is 0 Å². The Kier molecular flexibility index (Phi) is 17.9. The first-order chi connectivity index (χ1) is 11.3. The minimum atomic E-state index is 0.647. The molecule has 6 nitrogen and oxygen atoms in total. The highest BCUT2D eigenvalue weighted by atomic mass is 16.5. The molecule has 1 heterocycles. The van der Waals surface area contributed by atoms with Gasteiger partial charge in [-0.05, 0) is 13.6 Å². The lowest BCUT2D eigenvalue weighted by molar-refractivity contribution is 0.00900. The summed E-state index contributed by atoms with van der Waals surface area (Å²) in [5, 5.41) is 3.21. The maximum Gasteiger partial charge on any atom is 0.0701 e. The molecule has 0 saturated carbocycles. The summed E-state index contributed by atoms with van der Waals surface area (Å²) < 4.78 is 16.5. The first kappa shape index (κ1) is 22.8. The van der Waals surface area contributed by atoms with E-state index in [-0.39, 0.29) is 0 Å². The summed E-state index contributed by atoms with van der Waals surface area (Å²) in [6.45, 7) is 17.8. The van der Waals surface area contributed by atoms with Crippen LogP contribution in [0.5, 0.6) is 0 Å². The van der Waals surface area contributed by atoms with Crippen molar-refractivity contribution in [2.75, 3.05) is 92.5 Å². The molecule has 0 atom stereocenters. The average molecular weight is 334 g/mol. The summed E-state index contributed by atoms with van der Waals surface area (Å²) in [7, 11) is 2.18. The molecule has 1 saturated heterocycles. The SMILES string of the molecule is CC.CCNCCOCCOCCOCCN1CCN(C)CC1. The monoisotopic (exact) mass is 333 g/mol. The second kappa shape index (κ2) is 18.1. The Labute approximate surface area is 143 Å². The van der Waals surface area contributed by atoms with Crippen molar-refractivity contribution in [1.82, 2.24) is 15.1 Å². The van der Waals surface area contributed by atoms with Crippen LogP contribution in [0.15, 0.2) is 0 Å². The third kappa shape index (κ3) is 15.1. The Morgan fingerprint density at radius 2 is 1.30 bits per heavy atom. The normalized spacial score (nSPS) is 16.2. The largest absolute Gasteiger partial charge is 0.378 e. The zero-order chi connectivity index (χ0) is 17.2. The van der Waals surface area contributed by atoms with Gasteiger partial charge in [-0.2, -0.15) is 0 Å². The number of hydrogen-bond donors (Lipinski definition) is 1. The van der Waals surface area contributed by atoms with Crippen LogP contribution in [0.25, 0.3) is 0 Å². The number of rotatable bonds is 13. The van der Waals surface area contributed by atoms with Crippen LogP contribution in [-0.2, 0) is 14.2 Å². The molecule has 1 N–H and O–H groups in total. The van der Waals surface area contributed by atoms with Crippen LogP contribution in [-0.4, -0.2) is 102 Å². The molecule has 23 heavy (non-hydrogen) atoms. The summed E-state index contributed by atoms with van der Waals surface area (Å²) in [4.78, 5) is 4.82. The second-order valence-corrected chi connectivity index (χ2v) is 5.34. The molecule has 0 spiro atoms. The summed E-state index contributed by atoms with van der Waals surface area (Å²) in [6, 6.07) is 0. The van der Waals surface area contributed by atoms with Gasteiger partial charge in [0.15, 0.2) is 0 Å². The van der Waals surface area contributed by atoms with Gasteiger partial charge in [0.1, 0.15) is 0 Å². The Balaban J connectivity index is 0.00000232. The molecular weight excluding hydrogens is 294 g/mol. The van der Waals surface area contributed by atoms with Gasteiger partial charge in [-0.1, -0.05) is 20.8 Å². The van der Waals surface area contributed by atoms with Crippen molar-refractivity contribution < 1.29 is 14.2 Å². The molecular formula is C17H39N3O3. The van der Waals surface area contributed by atoms with E-state index in [9.17, 15) is 0 Å². The maximum absolute atomic E-state index is 5.59. The van der Waals surface area contributed by atoms with Gasteiger partial charge in [-0.25, -0.2) is 0 Å². The molecule has 140 valence electrons. The molecule has 0 aromatic rings.